The quantitative estimate of drug-likeness (QED) is 0.185. The molecule has 0 radical (unpaired) electrons. The molecule has 0 fully saturated rings. The SMILES string of the molecule is CC(C)(C)c1cccc(N(c2cc(C(C)(C)C)ccn2)c2cccc(N(c3cccc(C(C)(C)C)c3)c3cc(C(C)(C)C)ccn3)n2)c1. The van der Waals surface area contributed by atoms with Crippen LogP contribution in [0.3, 0.4) is 0 Å². The molecule has 0 atom stereocenters. The van der Waals surface area contributed by atoms with Crippen molar-refractivity contribution in [2.45, 2.75) is 105 Å². The maximum absolute atomic E-state index is 5.42. The Hall–Kier alpha value is -4.51. The van der Waals surface area contributed by atoms with E-state index in [0.717, 1.165) is 34.6 Å². The summed E-state index contributed by atoms with van der Waals surface area (Å²) in [4.78, 5) is 19.6. The second-order valence-corrected chi connectivity index (χ2v) is 16.9. The third-order valence-corrected chi connectivity index (χ3v) is 8.80. The van der Waals surface area contributed by atoms with E-state index in [-0.39, 0.29) is 21.7 Å². The van der Waals surface area contributed by atoms with Gasteiger partial charge in [-0.1, -0.05) is 113 Å². The summed E-state index contributed by atoms with van der Waals surface area (Å²) in [6, 6.07) is 32.3. The number of anilines is 6. The Balaban J connectivity index is 1.75. The zero-order valence-corrected chi connectivity index (χ0v) is 31.1. The van der Waals surface area contributed by atoms with E-state index in [2.05, 4.69) is 184 Å². The fourth-order valence-electron chi connectivity index (χ4n) is 5.66. The lowest BCUT2D eigenvalue weighted by molar-refractivity contribution is 0.589. The van der Waals surface area contributed by atoms with E-state index >= 15 is 0 Å². The maximum Gasteiger partial charge on any atom is 0.141 e. The Kier molecular flexibility index (Phi) is 9.31. The van der Waals surface area contributed by atoms with Gasteiger partial charge < -0.3 is 0 Å². The number of hydrogen-bond donors (Lipinski definition) is 0. The van der Waals surface area contributed by atoms with Crippen LogP contribution in [0.1, 0.15) is 105 Å². The smallest absolute Gasteiger partial charge is 0.141 e. The predicted molar refractivity (Wildman–Crippen MR) is 204 cm³/mol. The third kappa shape index (κ3) is 7.78. The zero-order chi connectivity index (χ0) is 35.1. The van der Waals surface area contributed by atoms with Crippen molar-refractivity contribution in [3.8, 4) is 0 Å². The molecule has 5 aromatic rings. The Bertz CT molecular complexity index is 1630. The summed E-state index contributed by atoms with van der Waals surface area (Å²) >= 11 is 0. The van der Waals surface area contributed by atoms with E-state index in [1.807, 2.05) is 12.4 Å². The maximum atomic E-state index is 5.42. The fourth-order valence-corrected chi connectivity index (χ4v) is 5.66. The Morgan fingerprint density at radius 2 is 0.708 bits per heavy atom. The van der Waals surface area contributed by atoms with Crippen LogP contribution >= 0.6 is 0 Å². The van der Waals surface area contributed by atoms with Crippen molar-refractivity contribution in [1.82, 2.24) is 15.0 Å². The normalized spacial score (nSPS) is 12.6. The van der Waals surface area contributed by atoms with Crippen LogP contribution in [0.4, 0.5) is 34.6 Å². The molecule has 0 bridgehead atoms. The molecule has 5 rings (SSSR count). The molecule has 0 unspecified atom stereocenters. The van der Waals surface area contributed by atoms with Gasteiger partial charge in [-0.15, -0.1) is 0 Å². The van der Waals surface area contributed by atoms with Crippen molar-refractivity contribution < 1.29 is 0 Å². The molecule has 3 heterocycles. The second kappa shape index (κ2) is 12.8. The molecule has 0 spiro atoms. The van der Waals surface area contributed by atoms with Crippen LogP contribution in [-0.4, -0.2) is 15.0 Å². The molecular formula is C43H53N5. The summed E-state index contributed by atoms with van der Waals surface area (Å²) in [5.41, 5.74) is 6.84. The number of benzene rings is 2. The third-order valence-electron chi connectivity index (χ3n) is 8.80. The zero-order valence-electron chi connectivity index (χ0n) is 31.1. The van der Waals surface area contributed by atoms with E-state index < -0.39 is 0 Å². The largest absolute Gasteiger partial charge is 0.279 e. The van der Waals surface area contributed by atoms with Crippen LogP contribution in [0, 0.1) is 0 Å². The predicted octanol–water partition coefficient (Wildman–Crippen LogP) is 12.0. The van der Waals surface area contributed by atoms with Gasteiger partial charge in [0.05, 0.1) is 0 Å². The minimum Gasteiger partial charge on any atom is -0.279 e. The second-order valence-electron chi connectivity index (χ2n) is 16.9. The van der Waals surface area contributed by atoms with Crippen molar-refractivity contribution in [1.29, 1.82) is 0 Å². The van der Waals surface area contributed by atoms with Gasteiger partial charge in [-0.25, -0.2) is 15.0 Å². The van der Waals surface area contributed by atoms with Gasteiger partial charge in [0, 0.05) is 23.8 Å². The monoisotopic (exact) mass is 639 g/mol. The lowest BCUT2D eigenvalue weighted by Crippen LogP contribution is -2.20. The molecule has 0 saturated carbocycles. The van der Waals surface area contributed by atoms with E-state index in [0.29, 0.717) is 0 Å². The van der Waals surface area contributed by atoms with Crippen LogP contribution in [0.5, 0.6) is 0 Å². The highest BCUT2D eigenvalue weighted by Gasteiger charge is 2.25. The summed E-state index contributed by atoms with van der Waals surface area (Å²) in [6.45, 7) is 26.9. The summed E-state index contributed by atoms with van der Waals surface area (Å²) < 4.78 is 0. The minimum absolute atomic E-state index is 0.0176. The lowest BCUT2D eigenvalue weighted by Gasteiger charge is -2.30. The van der Waals surface area contributed by atoms with E-state index in [1.165, 1.54) is 22.3 Å². The molecule has 5 heteroatoms. The van der Waals surface area contributed by atoms with Crippen molar-refractivity contribution >= 4 is 34.6 Å². The van der Waals surface area contributed by atoms with Crippen LogP contribution in [0.25, 0.3) is 0 Å². The molecule has 0 aliphatic rings. The molecule has 0 N–H and O–H groups in total. The number of hydrogen-bond acceptors (Lipinski definition) is 5. The molecular weight excluding hydrogens is 587 g/mol. The number of aromatic nitrogens is 3. The highest BCUT2D eigenvalue weighted by molar-refractivity contribution is 5.77. The molecule has 0 amide bonds. The van der Waals surface area contributed by atoms with E-state index in [9.17, 15) is 0 Å². The summed E-state index contributed by atoms with van der Waals surface area (Å²) in [5.74, 6) is 3.21. The van der Waals surface area contributed by atoms with Gasteiger partial charge in [0.1, 0.15) is 23.3 Å². The van der Waals surface area contributed by atoms with Gasteiger partial charge in [0.25, 0.3) is 0 Å². The summed E-state index contributed by atoms with van der Waals surface area (Å²) in [6.07, 6.45) is 3.82. The molecule has 2 aromatic carbocycles. The topological polar surface area (TPSA) is 45.2 Å². The number of rotatable bonds is 6. The highest BCUT2D eigenvalue weighted by atomic mass is 15.3. The van der Waals surface area contributed by atoms with Crippen molar-refractivity contribution in [3.63, 3.8) is 0 Å². The molecule has 5 nitrogen and oxygen atoms in total. The van der Waals surface area contributed by atoms with Gasteiger partial charge in [0.2, 0.25) is 0 Å². The van der Waals surface area contributed by atoms with Gasteiger partial charge >= 0.3 is 0 Å². The molecule has 0 aliphatic carbocycles. The highest BCUT2D eigenvalue weighted by Crippen LogP contribution is 2.40. The van der Waals surface area contributed by atoms with Crippen LogP contribution in [0.15, 0.2) is 103 Å². The van der Waals surface area contributed by atoms with E-state index in [1.54, 1.807) is 0 Å². The minimum atomic E-state index is -0.0372. The van der Waals surface area contributed by atoms with Crippen LogP contribution in [0.2, 0.25) is 0 Å². The first-order valence-corrected chi connectivity index (χ1v) is 17.0. The molecule has 0 aliphatic heterocycles. The average molecular weight is 640 g/mol. The van der Waals surface area contributed by atoms with Crippen LogP contribution < -0.4 is 9.80 Å². The summed E-state index contributed by atoms with van der Waals surface area (Å²) in [5, 5.41) is 0. The molecule has 3 aromatic heterocycles. The average Bonchev–Trinajstić information content (AvgIpc) is 3.01. The van der Waals surface area contributed by atoms with Gasteiger partial charge in [-0.2, -0.15) is 0 Å². The van der Waals surface area contributed by atoms with Gasteiger partial charge in [-0.05, 0) is 105 Å². The Morgan fingerprint density at radius 3 is 1.06 bits per heavy atom. The van der Waals surface area contributed by atoms with Gasteiger partial charge in [-0.3, -0.25) is 9.80 Å². The van der Waals surface area contributed by atoms with Crippen molar-refractivity contribution in [2.24, 2.45) is 0 Å². The Morgan fingerprint density at radius 1 is 0.375 bits per heavy atom. The first-order chi connectivity index (χ1) is 22.3. The van der Waals surface area contributed by atoms with Crippen molar-refractivity contribution in [2.75, 3.05) is 9.80 Å². The molecule has 0 saturated heterocycles. The number of pyridine rings is 3. The first-order valence-electron chi connectivity index (χ1n) is 17.0. The van der Waals surface area contributed by atoms with Crippen LogP contribution in [-0.2, 0) is 21.7 Å². The first kappa shape index (κ1) is 34.8. The fraction of sp³-hybridized carbons (Fsp3) is 0.372. The van der Waals surface area contributed by atoms with Gasteiger partial charge in [0.15, 0.2) is 0 Å². The molecule has 48 heavy (non-hydrogen) atoms. The molecule has 250 valence electrons. The van der Waals surface area contributed by atoms with E-state index in [4.69, 9.17) is 15.0 Å². The lowest BCUT2D eigenvalue weighted by atomic mass is 9.86. The number of nitrogens with zero attached hydrogens (tertiary/aromatic N) is 5. The summed E-state index contributed by atoms with van der Waals surface area (Å²) in [7, 11) is 0. The Labute approximate surface area is 289 Å². The van der Waals surface area contributed by atoms with Crippen molar-refractivity contribution in [3.05, 3.63) is 126 Å². The standard InChI is InChI=1S/C43H53N5/c1-40(2,3)30-16-13-18-34(26-30)47(38-28-32(22-24-44-38)42(7,8)9)36-20-15-21-37(46-36)48(35-19-14-17-31(27-35)41(4,5)6)39-29-33(23-25-45-39)43(10,11)12/h13-29H,1-12H3.